The molecule has 12 nitrogen and oxygen atoms in total. The number of hydrogen-bond acceptors (Lipinski definition) is 9. The summed E-state index contributed by atoms with van der Waals surface area (Å²) in [7, 11) is -1.34. The van der Waals surface area contributed by atoms with Crippen LogP contribution in [-0.2, 0) is 16.8 Å². The van der Waals surface area contributed by atoms with Crippen molar-refractivity contribution in [3.63, 3.8) is 0 Å². The summed E-state index contributed by atoms with van der Waals surface area (Å²) in [6.07, 6.45) is 1.44. The molecule has 2 aromatic carbocycles. The smallest absolute Gasteiger partial charge is 0.321 e. The quantitative estimate of drug-likeness (QED) is 0.306. The molecule has 0 atom stereocenters. The Balaban J connectivity index is 1.38. The molecule has 38 heavy (non-hydrogen) atoms. The molecule has 0 radical (unpaired) electrons. The van der Waals surface area contributed by atoms with Crippen LogP contribution in [0.3, 0.4) is 0 Å². The predicted molar refractivity (Wildman–Crippen MR) is 130 cm³/mol. The third-order valence-corrected chi connectivity index (χ3v) is 6.23. The molecule has 2 aromatic heterocycles. The molecule has 198 valence electrons. The van der Waals surface area contributed by atoms with Crippen molar-refractivity contribution in [2.75, 3.05) is 24.3 Å². The van der Waals surface area contributed by atoms with Gasteiger partial charge in [-0.3, -0.25) is 9.52 Å². The van der Waals surface area contributed by atoms with Gasteiger partial charge in [0.05, 0.1) is 19.1 Å². The lowest BCUT2D eigenvalue weighted by atomic mass is 10.3. The van der Waals surface area contributed by atoms with E-state index in [1.807, 2.05) is 0 Å². The summed E-state index contributed by atoms with van der Waals surface area (Å²) in [5.74, 6) is -2.31. The lowest BCUT2D eigenvalue weighted by molar-refractivity contribution is 0.102. The molecule has 0 saturated carbocycles. The number of halogens is 2. The third-order valence-electron chi connectivity index (χ3n) is 4.85. The number of benzene rings is 2. The van der Waals surface area contributed by atoms with E-state index in [4.69, 9.17) is 14.2 Å². The summed E-state index contributed by atoms with van der Waals surface area (Å²) < 4.78 is 70.9. The van der Waals surface area contributed by atoms with E-state index in [0.29, 0.717) is 11.8 Å². The molecule has 2 heterocycles. The normalized spacial score (nSPS) is 11.1. The molecular formula is C23H20F2N6O6S. The SMILES string of the molecule is COc1cc(NS(=O)(=O)c2ccc(NC(=O)c3ccn(COc4ccc(F)cc4F)n3)cc2)nc(OC)n1. The van der Waals surface area contributed by atoms with Crippen molar-refractivity contribution in [1.29, 1.82) is 0 Å². The number of amides is 1. The second-order valence-corrected chi connectivity index (χ2v) is 9.14. The molecule has 0 unspecified atom stereocenters. The number of aromatic nitrogens is 4. The van der Waals surface area contributed by atoms with Crippen molar-refractivity contribution in [1.82, 2.24) is 19.7 Å². The summed E-state index contributed by atoms with van der Waals surface area (Å²) in [5, 5.41) is 6.64. The van der Waals surface area contributed by atoms with Crippen LogP contribution in [0.1, 0.15) is 10.5 Å². The fraction of sp³-hybridized carbons (Fsp3) is 0.130. The molecule has 4 rings (SSSR count). The molecule has 2 N–H and O–H groups in total. The first-order chi connectivity index (χ1) is 18.2. The Morgan fingerprint density at radius 3 is 2.45 bits per heavy atom. The number of nitrogens with one attached hydrogen (secondary N) is 2. The van der Waals surface area contributed by atoms with E-state index in [0.717, 1.165) is 12.1 Å². The maximum atomic E-state index is 13.7. The fourth-order valence-electron chi connectivity index (χ4n) is 3.04. The minimum absolute atomic E-state index is 0.0261. The van der Waals surface area contributed by atoms with E-state index < -0.39 is 27.6 Å². The number of carbonyl (C=O) groups excluding carboxylic acids is 1. The Hall–Kier alpha value is -4.79. The van der Waals surface area contributed by atoms with Crippen molar-refractivity contribution in [2.45, 2.75) is 11.6 Å². The highest BCUT2D eigenvalue weighted by Gasteiger charge is 2.18. The average molecular weight is 547 g/mol. The minimum Gasteiger partial charge on any atom is -0.481 e. The maximum Gasteiger partial charge on any atom is 0.321 e. The summed E-state index contributed by atoms with van der Waals surface area (Å²) in [5.41, 5.74) is 0.330. The van der Waals surface area contributed by atoms with Gasteiger partial charge < -0.3 is 19.5 Å². The highest BCUT2D eigenvalue weighted by atomic mass is 32.2. The van der Waals surface area contributed by atoms with Crippen molar-refractivity contribution < 1.29 is 36.2 Å². The van der Waals surface area contributed by atoms with Crippen LogP contribution >= 0.6 is 0 Å². The van der Waals surface area contributed by atoms with Crippen LogP contribution in [0.4, 0.5) is 20.3 Å². The topological polar surface area (TPSA) is 147 Å². The van der Waals surface area contributed by atoms with Gasteiger partial charge in [-0.15, -0.1) is 0 Å². The van der Waals surface area contributed by atoms with Gasteiger partial charge >= 0.3 is 6.01 Å². The van der Waals surface area contributed by atoms with Gasteiger partial charge in [0.25, 0.3) is 15.9 Å². The van der Waals surface area contributed by atoms with Crippen molar-refractivity contribution >= 4 is 27.4 Å². The summed E-state index contributed by atoms with van der Waals surface area (Å²) in [4.78, 5) is 20.3. The van der Waals surface area contributed by atoms with E-state index in [-0.39, 0.29) is 40.8 Å². The molecule has 0 aliphatic heterocycles. The van der Waals surface area contributed by atoms with Crippen molar-refractivity contribution in [3.8, 4) is 17.6 Å². The highest BCUT2D eigenvalue weighted by Crippen LogP contribution is 2.22. The minimum atomic E-state index is -4.03. The zero-order chi connectivity index (χ0) is 27.3. The molecule has 0 saturated heterocycles. The largest absolute Gasteiger partial charge is 0.481 e. The van der Waals surface area contributed by atoms with Gasteiger partial charge in [0.15, 0.2) is 29.8 Å². The first-order valence-electron chi connectivity index (χ1n) is 10.7. The summed E-state index contributed by atoms with van der Waals surface area (Å²) in [6, 6.07) is 10.9. The first kappa shape index (κ1) is 26.3. The van der Waals surface area contributed by atoms with Crippen LogP contribution in [0.25, 0.3) is 0 Å². The maximum absolute atomic E-state index is 13.7. The van der Waals surface area contributed by atoms with E-state index in [1.54, 1.807) is 0 Å². The molecule has 0 bridgehead atoms. The van der Waals surface area contributed by atoms with Crippen LogP contribution in [0.15, 0.2) is 65.7 Å². The molecular weight excluding hydrogens is 526 g/mol. The Morgan fingerprint density at radius 2 is 1.76 bits per heavy atom. The first-order valence-corrected chi connectivity index (χ1v) is 12.2. The van der Waals surface area contributed by atoms with Crippen molar-refractivity contribution in [3.05, 3.63) is 78.1 Å². The number of sulfonamides is 1. The number of nitrogens with zero attached hydrogens (tertiary/aromatic N) is 4. The van der Waals surface area contributed by atoms with Gasteiger partial charge in [0.2, 0.25) is 5.88 Å². The second kappa shape index (κ2) is 11.1. The zero-order valence-corrected chi connectivity index (χ0v) is 20.7. The Morgan fingerprint density at radius 1 is 1.00 bits per heavy atom. The summed E-state index contributed by atoms with van der Waals surface area (Å²) in [6.45, 7) is -0.223. The summed E-state index contributed by atoms with van der Waals surface area (Å²) >= 11 is 0. The standard InChI is InChI=1S/C23H20F2N6O6S/c1-35-21-12-20(27-23(28-21)36-2)30-38(33,34)16-6-4-15(5-7-16)26-22(32)18-9-10-31(29-18)13-37-19-8-3-14(24)11-17(19)25/h3-12H,13H2,1-2H3,(H,26,32)(H,27,28,30). The van der Waals surface area contributed by atoms with Gasteiger partial charge in [-0.25, -0.2) is 21.9 Å². The molecule has 4 aromatic rings. The number of rotatable bonds is 10. The van der Waals surface area contributed by atoms with Gasteiger partial charge in [0, 0.05) is 24.0 Å². The van der Waals surface area contributed by atoms with Gasteiger partial charge in [0.1, 0.15) is 5.82 Å². The average Bonchev–Trinajstić information content (AvgIpc) is 3.37. The Labute approximate surface area is 215 Å². The molecule has 0 aliphatic rings. The van der Waals surface area contributed by atoms with Crippen LogP contribution in [0.5, 0.6) is 17.6 Å². The van der Waals surface area contributed by atoms with Crippen LogP contribution < -0.4 is 24.2 Å². The van der Waals surface area contributed by atoms with Crippen LogP contribution in [-0.4, -0.2) is 48.3 Å². The third kappa shape index (κ3) is 6.31. The highest BCUT2D eigenvalue weighted by molar-refractivity contribution is 7.92. The molecule has 0 fully saturated rings. The molecule has 1 amide bonds. The Kier molecular flexibility index (Phi) is 7.66. The van der Waals surface area contributed by atoms with Crippen LogP contribution in [0.2, 0.25) is 0 Å². The lowest BCUT2D eigenvalue weighted by Crippen LogP contribution is -2.16. The molecule has 15 heteroatoms. The predicted octanol–water partition coefficient (Wildman–Crippen LogP) is 3.06. The number of carbonyl (C=O) groups is 1. The molecule has 0 aliphatic carbocycles. The van der Waals surface area contributed by atoms with Gasteiger partial charge in [-0.05, 0) is 42.5 Å². The number of ether oxygens (including phenoxy) is 3. The second-order valence-electron chi connectivity index (χ2n) is 7.45. The van der Waals surface area contributed by atoms with Gasteiger partial charge in [-0.2, -0.15) is 15.1 Å². The van der Waals surface area contributed by atoms with E-state index in [2.05, 4.69) is 25.1 Å². The monoisotopic (exact) mass is 546 g/mol. The zero-order valence-electron chi connectivity index (χ0n) is 19.9. The fourth-order valence-corrected chi connectivity index (χ4v) is 4.04. The number of methoxy groups -OCH3 is 2. The van der Waals surface area contributed by atoms with E-state index in [1.165, 1.54) is 61.5 Å². The van der Waals surface area contributed by atoms with Crippen LogP contribution in [0, 0.1) is 11.6 Å². The lowest BCUT2D eigenvalue weighted by Gasteiger charge is -2.10. The van der Waals surface area contributed by atoms with E-state index >= 15 is 0 Å². The molecule has 0 spiro atoms. The number of hydrogen-bond donors (Lipinski definition) is 2. The van der Waals surface area contributed by atoms with E-state index in [9.17, 15) is 22.0 Å². The van der Waals surface area contributed by atoms with Gasteiger partial charge in [-0.1, -0.05) is 0 Å². The number of anilines is 2. The Bertz CT molecular complexity index is 1540. The van der Waals surface area contributed by atoms with Crippen molar-refractivity contribution in [2.24, 2.45) is 0 Å².